The highest BCUT2D eigenvalue weighted by Crippen LogP contribution is 2.39. The van der Waals surface area contributed by atoms with Crippen LogP contribution in [0.5, 0.6) is 0 Å². The van der Waals surface area contributed by atoms with E-state index >= 15 is 0 Å². The maximum absolute atomic E-state index is 13.1. The Morgan fingerprint density at radius 3 is 2.57 bits per heavy atom. The summed E-state index contributed by atoms with van der Waals surface area (Å²) in [4.78, 5) is 43.9. The van der Waals surface area contributed by atoms with Crippen molar-refractivity contribution in [2.75, 3.05) is 0 Å². The van der Waals surface area contributed by atoms with Gasteiger partial charge in [-0.25, -0.2) is 9.78 Å². The molecule has 0 saturated carbocycles. The Bertz CT molecular complexity index is 969. The summed E-state index contributed by atoms with van der Waals surface area (Å²) in [7, 11) is 0. The number of ether oxygens (including phenoxy) is 1. The van der Waals surface area contributed by atoms with Gasteiger partial charge in [0.05, 0.1) is 22.8 Å². The fourth-order valence-corrected chi connectivity index (χ4v) is 6.04. The van der Waals surface area contributed by atoms with Gasteiger partial charge in [0.25, 0.3) is 0 Å². The van der Waals surface area contributed by atoms with E-state index in [4.69, 9.17) is 4.74 Å². The van der Waals surface area contributed by atoms with Gasteiger partial charge in [-0.1, -0.05) is 40.5 Å². The molecule has 194 valence electrons. The molecule has 2 aliphatic heterocycles. The average molecular weight is 505 g/mol. The van der Waals surface area contributed by atoms with Crippen LogP contribution in [0.4, 0.5) is 4.79 Å². The van der Waals surface area contributed by atoms with Crippen LogP contribution < -0.4 is 0 Å². The van der Waals surface area contributed by atoms with E-state index < -0.39 is 17.6 Å². The molecular weight excluding hydrogens is 464 g/mol. The molecule has 2 aliphatic rings. The molecule has 3 heterocycles. The number of carbonyl (C=O) groups excluding carboxylic acids is 2. The van der Waals surface area contributed by atoms with Crippen LogP contribution in [-0.2, 0) is 14.3 Å². The maximum atomic E-state index is 13.1. The molecule has 0 aromatic carbocycles. The lowest BCUT2D eigenvalue weighted by molar-refractivity contribution is -0.148. The van der Waals surface area contributed by atoms with E-state index in [2.05, 4.69) is 11.9 Å². The normalized spacial score (nSPS) is 31.0. The van der Waals surface area contributed by atoms with Gasteiger partial charge in [-0.15, -0.1) is 11.3 Å². The lowest BCUT2D eigenvalue weighted by atomic mass is 9.75. The molecule has 2 fully saturated rings. The summed E-state index contributed by atoms with van der Waals surface area (Å²) < 4.78 is 5.93. The minimum absolute atomic E-state index is 0.0545. The molecule has 0 aliphatic carbocycles. The number of hydrogen-bond acceptors (Lipinski definition) is 6. The first-order chi connectivity index (χ1) is 16.4. The number of esters is 1. The number of Topliss-reactive ketones (excluding diaryl/α,β-unsaturated/α-hetero) is 1. The van der Waals surface area contributed by atoms with Crippen molar-refractivity contribution < 1.29 is 24.2 Å². The van der Waals surface area contributed by atoms with Gasteiger partial charge in [0, 0.05) is 29.6 Å². The first kappa shape index (κ1) is 27.4. The Morgan fingerprint density at radius 2 is 1.94 bits per heavy atom. The number of thiazole rings is 1. The molecule has 1 N–H and O–H groups in total. The first-order valence-electron chi connectivity index (χ1n) is 12.7. The molecule has 3 rings (SSSR count). The third-order valence-electron chi connectivity index (χ3n) is 7.56. The topological polar surface area (TPSA) is 96.6 Å². The van der Waals surface area contributed by atoms with E-state index in [1.54, 1.807) is 11.3 Å². The maximum Gasteiger partial charge on any atom is 0.407 e. The second kappa shape index (κ2) is 11.2. The number of aryl methyl sites for hydroxylation is 1. The van der Waals surface area contributed by atoms with Crippen LogP contribution in [0.2, 0.25) is 0 Å². The fraction of sp³-hybridized carbons (Fsp3) is 0.704. The number of nitrogens with zero attached hydrogens (tertiary/aromatic N) is 2. The molecule has 1 aromatic heterocycles. The second-order valence-electron chi connectivity index (χ2n) is 11.1. The summed E-state index contributed by atoms with van der Waals surface area (Å²) in [5, 5.41) is 12.6. The Hall–Kier alpha value is -2.22. The van der Waals surface area contributed by atoms with Crippen LogP contribution in [0, 0.1) is 24.2 Å². The largest absolute Gasteiger partial charge is 0.465 e. The number of amides is 1. The summed E-state index contributed by atoms with van der Waals surface area (Å²) in [6.45, 7) is 11.8. The van der Waals surface area contributed by atoms with Crippen molar-refractivity contribution >= 4 is 35.3 Å². The van der Waals surface area contributed by atoms with E-state index in [1.807, 2.05) is 46.1 Å². The summed E-state index contributed by atoms with van der Waals surface area (Å²) >= 11 is 1.55. The van der Waals surface area contributed by atoms with Crippen LogP contribution in [-0.4, -0.2) is 51.0 Å². The molecule has 0 radical (unpaired) electrons. The zero-order chi connectivity index (χ0) is 25.9. The smallest absolute Gasteiger partial charge is 0.407 e. The Labute approximate surface area is 213 Å². The van der Waals surface area contributed by atoms with Gasteiger partial charge in [0.15, 0.2) is 0 Å². The highest BCUT2D eigenvalue weighted by atomic mass is 32.1. The average Bonchev–Trinajstić information content (AvgIpc) is 3.30. The number of aromatic nitrogens is 1. The summed E-state index contributed by atoms with van der Waals surface area (Å²) in [5.41, 5.74) is 1.05. The van der Waals surface area contributed by atoms with Crippen molar-refractivity contribution in [3.05, 3.63) is 21.7 Å². The lowest BCUT2D eigenvalue weighted by Gasteiger charge is -2.28. The summed E-state index contributed by atoms with van der Waals surface area (Å²) in [6.07, 6.45) is 4.94. The molecule has 1 amide bonds. The van der Waals surface area contributed by atoms with Gasteiger partial charge < -0.3 is 9.84 Å². The standard InChI is InChI=1S/C27H40N2O5S/c1-16-8-7-9-21-22(29(21)26(32)33)14-23(17(2)13-20-15-35-19(4)28-20)34-24(30)10-11-27(5,6)25(31)18(3)12-16/h13,15-16,18,21-23H,7-12,14H2,1-6H3,(H,32,33)/b17-13+. The second-order valence-corrected chi connectivity index (χ2v) is 12.2. The molecule has 5 unspecified atom stereocenters. The number of carbonyl (C=O) groups is 3. The summed E-state index contributed by atoms with van der Waals surface area (Å²) in [5.74, 6) is 0.144. The van der Waals surface area contributed by atoms with Gasteiger partial charge >= 0.3 is 12.1 Å². The van der Waals surface area contributed by atoms with Crippen LogP contribution in [0.1, 0.15) is 90.3 Å². The number of cyclic esters (lactones) is 1. The molecular formula is C27H40N2O5S. The monoisotopic (exact) mass is 504 g/mol. The number of hydrogen-bond donors (Lipinski definition) is 1. The van der Waals surface area contributed by atoms with Crippen LogP contribution in [0.25, 0.3) is 6.08 Å². The Balaban J connectivity index is 1.84. The Morgan fingerprint density at radius 1 is 1.23 bits per heavy atom. The van der Waals surface area contributed by atoms with E-state index in [0.29, 0.717) is 18.8 Å². The number of ketones is 1. The van der Waals surface area contributed by atoms with Crippen molar-refractivity contribution in [1.29, 1.82) is 0 Å². The van der Waals surface area contributed by atoms with E-state index in [1.165, 1.54) is 4.90 Å². The molecule has 0 bridgehead atoms. The van der Waals surface area contributed by atoms with Crippen molar-refractivity contribution in [2.24, 2.45) is 17.3 Å². The third-order valence-corrected chi connectivity index (χ3v) is 8.35. The molecule has 5 atom stereocenters. The third kappa shape index (κ3) is 7.15. The van der Waals surface area contributed by atoms with E-state index in [-0.39, 0.29) is 36.2 Å². The number of rotatable bonds is 2. The molecule has 35 heavy (non-hydrogen) atoms. The molecule has 0 spiro atoms. The molecule has 8 heteroatoms. The fourth-order valence-electron chi connectivity index (χ4n) is 5.47. The van der Waals surface area contributed by atoms with Crippen molar-refractivity contribution in [1.82, 2.24) is 9.88 Å². The molecule has 7 nitrogen and oxygen atoms in total. The summed E-state index contributed by atoms with van der Waals surface area (Å²) in [6, 6.07) is -0.216. The zero-order valence-corrected chi connectivity index (χ0v) is 22.7. The highest BCUT2D eigenvalue weighted by molar-refractivity contribution is 7.09. The predicted octanol–water partition coefficient (Wildman–Crippen LogP) is 6.11. The van der Waals surface area contributed by atoms with E-state index in [0.717, 1.165) is 42.0 Å². The first-order valence-corrected chi connectivity index (χ1v) is 13.6. The van der Waals surface area contributed by atoms with Crippen molar-refractivity contribution in [2.45, 2.75) is 105 Å². The highest BCUT2D eigenvalue weighted by Gasteiger charge is 2.51. The van der Waals surface area contributed by atoms with Gasteiger partial charge in [0.2, 0.25) is 0 Å². The van der Waals surface area contributed by atoms with Crippen LogP contribution in [0.3, 0.4) is 0 Å². The number of carboxylic acid groups (broad SMARTS) is 1. The van der Waals surface area contributed by atoms with Crippen LogP contribution >= 0.6 is 11.3 Å². The minimum atomic E-state index is -0.922. The quantitative estimate of drug-likeness (QED) is 0.386. The van der Waals surface area contributed by atoms with Crippen molar-refractivity contribution in [3.8, 4) is 0 Å². The van der Waals surface area contributed by atoms with Gasteiger partial charge in [-0.3, -0.25) is 14.5 Å². The van der Waals surface area contributed by atoms with Crippen LogP contribution in [0.15, 0.2) is 11.0 Å². The van der Waals surface area contributed by atoms with Crippen molar-refractivity contribution in [3.63, 3.8) is 0 Å². The molecule has 1 aromatic rings. The SMILES string of the molecule is C/C(=C\c1csc(C)n1)C1CC2C(CCCC(C)CC(C)C(=O)C(C)(C)CCC(=O)O1)N2C(=O)O. The number of fused-ring (bicyclic) bond motifs is 1. The minimum Gasteiger partial charge on any atom is -0.465 e. The van der Waals surface area contributed by atoms with Gasteiger partial charge in [-0.05, 0) is 50.7 Å². The van der Waals surface area contributed by atoms with Gasteiger partial charge in [-0.2, -0.15) is 0 Å². The van der Waals surface area contributed by atoms with E-state index in [9.17, 15) is 19.5 Å². The lowest BCUT2D eigenvalue weighted by Crippen LogP contribution is -2.32. The van der Waals surface area contributed by atoms with Gasteiger partial charge in [0.1, 0.15) is 11.9 Å². The zero-order valence-electron chi connectivity index (χ0n) is 21.9. The Kier molecular flexibility index (Phi) is 8.78. The molecule has 2 saturated heterocycles. The predicted molar refractivity (Wildman–Crippen MR) is 137 cm³/mol.